The first kappa shape index (κ1) is 17.6. The molecule has 1 fully saturated rings. The van der Waals surface area contributed by atoms with Crippen molar-refractivity contribution in [3.05, 3.63) is 0 Å². The molecule has 0 aromatic rings. The Labute approximate surface area is 114 Å². The average molecular weight is 301 g/mol. The number of hydrogen-bond acceptors (Lipinski definition) is 4. The van der Waals surface area contributed by atoms with E-state index in [0.29, 0.717) is 13.1 Å². The van der Waals surface area contributed by atoms with Gasteiger partial charge in [0, 0.05) is 26.2 Å². The highest BCUT2D eigenvalue weighted by atomic mass is 35.5. The minimum absolute atomic E-state index is 0. The van der Waals surface area contributed by atoms with Crippen LogP contribution >= 0.6 is 12.4 Å². The molecule has 1 rings (SSSR count). The van der Waals surface area contributed by atoms with E-state index in [0.717, 1.165) is 4.31 Å². The predicted octanol–water partition coefficient (Wildman–Crippen LogP) is -1.26. The molecule has 1 saturated heterocycles. The Bertz CT molecular complexity index is 379. The molecule has 18 heavy (non-hydrogen) atoms. The van der Waals surface area contributed by atoms with Crippen LogP contribution in [-0.2, 0) is 15.0 Å². The molecule has 1 heterocycles. The van der Waals surface area contributed by atoms with Gasteiger partial charge in [-0.1, -0.05) is 13.8 Å². The maximum Gasteiger partial charge on any atom is 0.277 e. The Morgan fingerprint density at radius 2 is 1.61 bits per heavy atom. The van der Waals surface area contributed by atoms with E-state index in [9.17, 15) is 13.2 Å². The lowest BCUT2D eigenvalue weighted by Gasteiger charge is -2.34. The van der Waals surface area contributed by atoms with Crippen molar-refractivity contribution in [2.24, 2.45) is 16.8 Å². The van der Waals surface area contributed by atoms with Gasteiger partial charge in [0.25, 0.3) is 10.2 Å². The first-order chi connectivity index (χ1) is 7.73. The number of hydrogen-bond donors (Lipinski definition) is 2. The summed E-state index contributed by atoms with van der Waals surface area (Å²) >= 11 is 0. The first-order valence-corrected chi connectivity index (χ1v) is 7.06. The van der Waals surface area contributed by atoms with Crippen molar-refractivity contribution in [3.63, 3.8) is 0 Å². The molecule has 1 aliphatic rings. The van der Waals surface area contributed by atoms with Crippen LogP contribution < -0.4 is 10.9 Å². The van der Waals surface area contributed by atoms with Gasteiger partial charge in [-0.15, -0.1) is 12.4 Å². The number of halogens is 1. The van der Waals surface area contributed by atoms with Gasteiger partial charge >= 0.3 is 0 Å². The van der Waals surface area contributed by atoms with Crippen molar-refractivity contribution in [1.29, 1.82) is 0 Å². The van der Waals surface area contributed by atoms with Crippen LogP contribution in [0.5, 0.6) is 0 Å². The van der Waals surface area contributed by atoms with Crippen molar-refractivity contribution in [2.75, 3.05) is 26.2 Å². The third-order valence-corrected chi connectivity index (χ3v) is 4.00. The third kappa shape index (κ3) is 4.36. The smallest absolute Gasteiger partial charge is 0.277 e. The largest absolute Gasteiger partial charge is 0.339 e. The van der Waals surface area contributed by atoms with Crippen LogP contribution in [0.15, 0.2) is 0 Å². The van der Waals surface area contributed by atoms with Gasteiger partial charge in [-0.3, -0.25) is 4.79 Å². The molecular formula is C9H21ClN4O3S. The molecule has 1 atom stereocenters. The lowest BCUT2D eigenvalue weighted by molar-refractivity contribution is -0.134. The quantitative estimate of drug-likeness (QED) is 0.678. The minimum Gasteiger partial charge on any atom is -0.339 e. The summed E-state index contributed by atoms with van der Waals surface area (Å²) in [5.74, 6) is -0.0622. The molecule has 0 radical (unpaired) electrons. The van der Waals surface area contributed by atoms with E-state index >= 15 is 0 Å². The Morgan fingerprint density at radius 1 is 1.17 bits per heavy atom. The normalized spacial score (nSPS) is 19.5. The fourth-order valence-electron chi connectivity index (χ4n) is 1.66. The number of piperazine rings is 1. The molecule has 0 aliphatic carbocycles. The Balaban J connectivity index is 0.00000289. The van der Waals surface area contributed by atoms with Crippen LogP contribution in [0, 0.1) is 5.92 Å². The van der Waals surface area contributed by atoms with Crippen LogP contribution in [0.25, 0.3) is 0 Å². The molecule has 1 aliphatic heterocycles. The van der Waals surface area contributed by atoms with E-state index in [-0.39, 0.29) is 37.3 Å². The second kappa shape index (κ2) is 6.67. The minimum atomic E-state index is -3.65. The van der Waals surface area contributed by atoms with Gasteiger partial charge in [0.1, 0.15) is 0 Å². The fourth-order valence-corrected chi connectivity index (χ4v) is 2.33. The average Bonchev–Trinajstić information content (AvgIpc) is 2.26. The van der Waals surface area contributed by atoms with Gasteiger partial charge in [-0.25, -0.2) is 5.14 Å². The molecule has 0 aromatic heterocycles. The van der Waals surface area contributed by atoms with Crippen molar-refractivity contribution in [1.82, 2.24) is 9.21 Å². The molecule has 9 heteroatoms. The van der Waals surface area contributed by atoms with Crippen LogP contribution in [-0.4, -0.2) is 55.8 Å². The lowest BCUT2D eigenvalue weighted by atomic mass is 10.0. The van der Waals surface area contributed by atoms with Gasteiger partial charge < -0.3 is 10.6 Å². The molecule has 0 saturated carbocycles. The molecule has 1 amide bonds. The Kier molecular flexibility index (Phi) is 6.52. The zero-order valence-electron chi connectivity index (χ0n) is 10.6. The number of nitrogens with zero attached hydrogens (tertiary/aromatic N) is 2. The highest BCUT2D eigenvalue weighted by Gasteiger charge is 2.29. The van der Waals surface area contributed by atoms with Gasteiger partial charge in [-0.2, -0.15) is 12.7 Å². The molecule has 108 valence electrons. The molecule has 0 spiro atoms. The standard InChI is InChI=1S/C9H20N4O3S.ClH/c1-7(2)8(10)9(14)12-3-5-13(6-4-12)17(11,15)16;/h7-8H,3-6,10H2,1-2H3,(H2,11,15,16);1H. The van der Waals surface area contributed by atoms with E-state index in [2.05, 4.69) is 0 Å². The predicted molar refractivity (Wildman–Crippen MR) is 71.3 cm³/mol. The molecular weight excluding hydrogens is 280 g/mol. The summed E-state index contributed by atoms with van der Waals surface area (Å²) < 4.78 is 23.3. The Morgan fingerprint density at radius 3 is 1.94 bits per heavy atom. The van der Waals surface area contributed by atoms with Crippen LogP contribution in [0.3, 0.4) is 0 Å². The van der Waals surface area contributed by atoms with E-state index in [1.54, 1.807) is 4.90 Å². The molecule has 1 unspecified atom stereocenters. The van der Waals surface area contributed by atoms with E-state index in [1.165, 1.54) is 0 Å². The van der Waals surface area contributed by atoms with E-state index in [4.69, 9.17) is 10.9 Å². The van der Waals surface area contributed by atoms with Crippen molar-refractivity contribution < 1.29 is 13.2 Å². The Hall–Kier alpha value is -0.410. The van der Waals surface area contributed by atoms with E-state index < -0.39 is 16.3 Å². The van der Waals surface area contributed by atoms with Crippen LogP contribution in [0.1, 0.15) is 13.8 Å². The number of carbonyl (C=O) groups excluding carboxylic acids is 1. The molecule has 4 N–H and O–H groups in total. The van der Waals surface area contributed by atoms with Gasteiger partial charge in [0.05, 0.1) is 6.04 Å². The maximum atomic E-state index is 11.9. The highest BCUT2D eigenvalue weighted by molar-refractivity contribution is 7.86. The zero-order chi connectivity index (χ0) is 13.2. The lowest BCUT2D eigenvalue weighted by Crippen LogP contribution is -2.56. The monoisotopic (exact) mass is 300 g/mol. The van der Waals surface area contributed by atoms with Crippen molar-refractivity contribution >= 4 is 28.5 Å². The van der Waals surface area contributed by atoms with Crippen molar-refractivity contribution in [2.45, 2.75) is 19.9 Å². The summed E-state index contributed by atoms with van der Waals surface area (Å²) in [6.45, 7) is 4.91. The molecule has 0 aromatic carbocycles. The first-order valence-electron chi connectivity index (χ1n) is 5.55. The summed E-state index contributed by atoms with van der Waals surface area (Å²) in [5.41, 5.74) is 5.76. The summed E-state index contributed by atoms with van der Waals surface area (Å²) in [6.07, 6.45) is 0. The van der Waals surface area contributed by atoms with Gasteiger partial charge in [0.2, 0.25) is 5.91 Å². The maximum absolute atomic E-state index is 11.9. The highest BCUT2D eigenvalue weighted by Crippen LogP contribution is 2.08. The van der Waals surface area contributed by atoms with E-state index in [1.807, 2.05) is 13.8 Å². The number of rotatable bonds is 3. The second-order valence-corrected chi connectivity index (χ2v) is 6.09. The fraction of sp³-hybridized carbons (Fsp3) is 0.889. The number of amides is 1. The molecule has 7 nitrogen and oxygen atoms in total. The molecule has 0 bridgehead atoms. The van der Waals surface area contributed by atoms with Gasteiger partial charge in [0.15, 0.2) is 0 Å². The topological polar surface area (TPSA) is 110 Å². The number of nitrogens with two attached hydrogens (primary N) is 2. The summed E-state index contributed by atoms with van der Waals surface area (Å²) in [6, 6.07) is -0.531. The summed E-state index contributed by atoms with van der Waals surface area (Å²) in [5, 5.41) is 5.01. The van der Waals surface area contributed by atoms with Gasteiger partial charge in [-0.05, 0) is 5.92 Å². The van der Waals surface area contributed by atoms with Crippen molar-refractivity contribution in [3.8, 4) is 0 Å². The summed E-state index contributed by atoms with van der Waals surface area (Å²) in [7, 11) is -3.65. The zero-order valence-corrected chi connectivity index (χ0v) is 12.2. The van der Waals surface area contributed by atoms with Crippen LogP contribution in [0.2, 0.25) is 0 Å². The SMILES string of the molecule is CC(C)C(N)C(=O)N1CCN(S(N)(=O)=O)CC1.Cl. The number of carbonyl (C=O) groups is 1. The van der Waals surface area contributed by atoms with Crippen LogP contribution in [0.4, 0.5) is 0 Å². The third-order valence-electron chi connectivity index (χ3n) is 2.91. The second-order valence-electron chi connectivity index (χ2n) is 4.54. The summed E-state index contributed by atoms with van der Waals surface area (Å²) in [4.78, 5) is 13.5.